The van der Waals surface area contributed by atoms with Crippen molar-refractivity contribution in [3.05, 3.63) is 233 Å². The van der Waals surface area contributed by atoms with E-state index in [1.54, 1.807) is 0 Å². The highest BCUT2D eigenvalue weighted by Crippen LogP contribution is 2.36. The molecule has 4 aromatic rings. The zero-order valence-electron chi connectivity index (χ0n) is 29.4. The molecule has 1 aliphatic heterocycles. The van der Waals surface area contributed by atoms with Crippen LogP contribution in [-0.4, -0.2) is 5.71 Å². The van der Waals surface area contributed by atoms with Crippen molar-refractivity contribution in [3.8, 4) is 0 Å². The van der Waals surface area contributed by atoms with E-state index in [1.807, 2.05) is 6.07 Å². The van der Waals surface area contributed by atoms with Crippen LogP contribution in [0.25, 0.3) is 16.7 Å². The van der Waals surface area contributed by atoms with Gasteiger partial charge >= 0.3 is 0 Å². The lowest BCUT2D eigenvalue weighted by Crippen LogP contribution is -2.27. The Morgan fingerprint density at radius 1 is 0.686 bits per heavy atom. The summed E-state index contributed by atoms with van der Waals surface area (Å²) in [6, 6.07) is 40.5. The van der Waals surface area contributed by atoms with Gasteiger partial charge in [0, 0.05) is 5.70 Å². The van der Waals surface area contributed by atoms with Gasteiger partial charge in [0.1, 0.15) is 6.17 Å². The molecule has 2 aliphatic carbocycles. The van der Waals surface area contributed by atoms with Crippen LogP contribution in [0.3, 0.4) is 0 Å². The molecule has 0 aromatic heterocycles. The molecule has 1 N–H and O–H groups in total. The number of nitrogens with zero attached hydrogens (tertiary/aromatic N) is 1. The lowest BCUT2D eigenvalue weighted by atomic mass is 9.87. The molecule has 1 unspecified atom stereocenters. The van der Waals surface area contributed by atoms with Crippen molar-refractivity contribution in [1.82, 2.24) is 5.32 Å². The summed E-state index contributed by atoms with van der Waals surface area (Å²) in [4.78, 5) is 5.30. The molecule has 0 fully saturated rings. The van der Waals surface area contributed by atoms with E-state index < -0.39 is 0 Å². The van der Waals surface area contributed by atoms with Crippen LogP contribution < -0.4 is 5.32 Å². The molecule has 2 heteroatoms. The molecule has 1 atom stereocenters. The lowest BCUT2D eigenvalue weighted by molar-refractivity contribution is 0.619. The highest BCUT2D eigenvalue weighted by atomic mass is 15.1. The second-order valence-electron chi connectivity index (χ2n) is 13.3. The molecule has 2 nitrogen and oxygen atoms in total. The lowest BCUT2D eigenvalue weighted by Gasteiger charge is -2.28. The van der Waals surface area contributed by atoms with Gasteiger partial charge in [-0.3, -0.25) is 4.99 Å². The molecular weight excluding hydrogens is 617 g/mol. The summed E-state index contributed by atoms with van der Waals surface area (Å²) in [6.45, 7) is 11.0. The van der Waals surface area contributed by atoms with E-state index in [-0.39, 0.29) is 6.17 Å². The van der Waals surface area contributed by atoms with Crippen LogP contribution in [0.4, 0.5) is 0 Å². The van der Waals surface area contributed by atoms with Gasteiger partial charge in [0.05, 0.1) is 5.71 Å². The first-order valence-electron chi connectivity index (χ1n) is 17.9. The first kappa shape index (κ1) is 33.5. The quantitative estimate of drug-likeness (QED) is 0.168. The predicted molar refractivity (Wildman–Crippen MR) is 218 cm³/mol. The van der Waals surface area contributed by atoms with Gasteiger partial charge in [-0.15, -0.1) is 0 Å². The Bertz CT molecular complexity index is 2180. The van der Waals surface area contributed by atoms with E-state index in [1.165, 1.54) is 22.3 Å². The number of benzene rings is 4. The number of rotatable bonds is 10. The van der Waals surface area contributed by atoms with Gasteiger partial charge in [-0.2, -0.15) is 0 Å². The normalized spacial score (nSPS) is 17.7. The van der Waals surface area contributed by atoms with Crippen molar-refractivity contribution in [2.45, 2.75) is 38.8 Å². The van der Waals surface area contributed by atoms with Gasteiger partial charge in [-0.1, -0.05) is 170 Å². The Morgan fingerprint density at radius 3 is 2.00 bits per heavy atom. The fourth-order valence-electron chi connectivity index (χ4n) is 6.94. The minimum Gasteiger partial charge on any atom is -0.360 e. The Balaban J connectivity index is 1.27. The van der Waals surface area contributed by atoms with Crippen molar-refractivity contribution in [3.63, 3.8) is 0 Å². The van der Waals surface area contributed by atoms with Gasteiger partial charge < -0.3 is 5.32 Å². The minimum atomic E-state index is -0.252. The van der Waals surface area contributed by atoms with Crippen molar-refractivity contribution < 1.29 is 0 Å². The van der Waals surface area contributed by atoms with Gasteiger partial charge in [0.15, 0.2) is 0 Å². The van der Waals surface area contributed by atoms with E-state index >= 15 is 0 Å². The molecule has 4 aromatic carbocycles. The summed E-state index contributed by atoms with van der Waals surface area (Å²) >= 11 is 0. The number of hydrogen-bond acceptors (Lipinski definition) is 2. The second kappa shape index (κ2) is 15.7. The van der Waals surface area contributed by atoms with Crippen LogP contribution in [0, 0.1) is 0 Å². The monoisotopic (exact) mass is 660 g/mol. The average Bonchev–Trinajstić information content (AvgIpc) is 3.20. The summed E-state index contributed by atoms with van der Waals surface area (Å²) < 4.78 is 0. The maximum absolute atomic E-state index is 5.30. The Morgan fingerprint density at radius 2 is 1.33 bits per heavy atom. The first-order chi connectivity index (χ1) is 25.0. The predicted octanol–water partition coefficient (Wildman–Crippen LogP) is 12.3. The van der Waals surface area contributed by atoms with Crippen LogP contribution in [0.1, 0.15) is 66.6 Å². The number of nitrogens with one attached hydrogen (secondary N) is 1. The second-order valence-corrected chi connectivity index (χ2v) is 13.3. The zero-order chi connectivity index (χ0) is 35.0. The van der Waals surface area contributed by atoms with Gasteiger partial charge in [0.25, 0.3) is 0 Å². The maximum atomic E-state index is 5.30. The fraction of sp³-hybridized carbons (Fsp3) is 0.122. The average molecular weight is 661 g/mol. The standard InChI is InChI=1S/C49H44N2/c1-35(2)45(40-21-12-6-13-22-40)31-32-46(36(3)37-17-8-4-9-18-37)43-25-16-26-44(33-43)49-50-47(41-23-14-7-15-24-41)34-48(51-49)42-29-27-39(28-30-42)38-19-10-5-11-20-38/h4-8,10-17,19-27,29,31-34,49,51H,1,3,9,18,28,30H2,2H3/b45-31+,46-32+. The molecule has 0 bridgehead atoms. The van der Waals surface area contributed by atoms with Crippen LogP contribution in [0.5, 0.6) is 0 Å². The Kier molecular flexibility index (Phi) is 10.3. The molecule has 0 amide bonds. The van der Waals surface area contributed by atoms with Crippen LogP contribution >= 0.6 is 0 Å². The Labute approximate surface area is 303 Å². The first-order valence-corrected chi connectivity index (χ1v) is 17.9. The molecule has 0 radical (unpaired) electrons. The highest BCUT2D eigenvalue weighted by Gasteiger charge is 2.23. The van der Waals surface area contributed by atoms with E-state index in [0.29, 0.717) is 0 Å². The summed E-state index contributed by atoms with van der Waals surface area (Å²) in [5.74, 6) is 0. The topological polar surface area (TPSA) is 24.4 Å². The molecule has 0 spiro atoms. The molecule has 0 saturated heterocycles. The van der Waals surface area contributed by atoms with E-state index in [0.717, 1.165) is 81.6 Å². The Hall–Kier alpha value is -5.99. The molecule has 250 valence electrons. The maximum Gasteiger partial charge on any atom is 0.145 e. The summed E-state index contributed by atoms with van der Waals surface area (Å²) in [7, 11) is 0. The fourth-order valence-corrected chi connectivity index (χ4v) is 6.94. The number of allylic oxidation sites excluding steroid dienone is 15. The van der Waals surface area contributed by atoms with Gasteiger partial charge in [0.2, 0.25) is 0 Å². The molecule has 0 saturated carbocycles. The smallest absolute Gasteiger partial charge is 0.145 e. The summed E-state index contributed by atoms with van der Waals surface area (Å²) in [5, 5.41) is 3.83. The molecular formula is C49H44N2. The van der Waals surface area contributed by atoms with E-state index in [9.17, 15) is 0 Å². The van der Waals surface area contributed by atoms with E-state index in [4.69, 9.17) is 4.99 Å². The zero-order valence-corrected chi connectivity index (χ0v) is 29.4. The number of aliphatic imine (C=N–C) groups is 1. The van der Waals surface area contributed by atoms with Crippen molar-refractivity contribution in [2.75, 3.05) is 0 Å². The van der Waals surface area contributed by atoms with Crippen molar-refractivity contribution in [2.24, 2.45) is 4.99 Å². The summed E-state index contributed by atoms with van der Waals surface area (Å²) in [5.41, 5.74) is 16.1. The van der Waals surface area contributed by atoms with E-state index in [2.05, 4.69) is 183 Å². The van der Waals surface area contributed by atoms with Gasteiger partial charge in [-0.05, 0) is 106 Å². The minimum absolute atomic E-state index is 0.252. The SMILES string of the molecule is C=C(C1=CC=CCC1)/C(=C\C=C(/C(=C)C)c1ccccc1)c1cccc(C2N=C(c3ccccc3)C=C(C3=CC=C(c4ccccc4)CC3)N2)c1. The van der Waals surface area contributed by atoms with Crippen LogP contribution in [-0.2, 0) is 0 Å². The highest BCUT2D eigenvalue weighted by molar-refractivity contribution is 6.10. The molecule has 3 aliphatic rings. The molecule has 51 heavy (non-hydrogen) atoms. The number of hydrogen-bond donors (Lipinski definition) is 1. The van der Waals surface area contributed by atoms with Crippen molar-refractivity contribution >= 4 is 22.4 Å². The third-order valence-electron chi connectivity index (χ3n) is 9.75. The third kappa shape index (κ3) is 7.92. The van der Waals surface area contributed by atoms with Gasteiger partial charge in [-0.25, -0.2) is 0 Å². The third-order valence-corrected chi connectivity index (χ3v) is 9.75. The summed E-state index contributed by atoms with van der Waals surface area (Å²) in [6.07, 6.45) is 21.5. The van der Waals surface area contributed by atoms with Crippen molar-refractivity contribution in [1.29, 1.82) is 0 Å². The van der Waals surface area contributed by atoms with Crippen LogP contribution in [0.15, 0.2) is 210 Å². The van der Waals surface area contributed by atoms with Crippen LogP contribution in [0.2, 0.25) is 0 Å². The molecule has 1 heterocycles. The largest absolute Gasteiger partial charge is 0.360 e. The molecule has 7 rings (SSSR count).